The van der Waals surface area contributed by atoms with Crippen LogP contribution in [0.5, 0.6) is 0 Å². The summed E-state index contributed by atoms with van der Waals surface area (Å²) in [6, 6.07) is 4.42. The summed E-state index contributed by atoms with van der Waals surface area (Å²) < 4.78 is 3.44. The number of hydrogen-bond acceptors (Lipinski definition) is 3. The van der Waals surface area contributed by atoms with Crippen molar-refractivity contribution >= 4 is 38.9 Å². The lowest BCUT2D eigenvalue weighted by atomic mass is 10.1. The first-order chi connectivity index (χ1) is 7.69. The number of thiazole rings is 1. The average Bonchev–Trinajstić information content (AvgIpc) is 2.72. The highest BCUT2D eigenvalue weighted by molar-refractivity contribution is 7.23. The molecule has 0 bridgehead atoms. The van der Waals surface area contributed by atoms with Gasteiger partial charge in [-0.25, -0.2) is 4.98 Å². The number of fused-ring (bicyclic) bond motifs is 3. The van der Waals surface area contributed by atoms with E-state index < -0.39 is 0 Å². The fourth-order valence-electron chi connectivity index (χ4n) is 2.15. The molecule has 0 aliphatic heterocycles. The lowest BCUT2D eigenvalue weighted by Gasteiger charge is -1.99. The molecule has 0 fully saturated rings. The minimum Gasteiger partial charge on any atom is -0.325 e. The number of nitrogens with two attached hydrogens (primary N) is 1. The Morgan fingerprint density at radius 1 is 1.35 bits per heavy atom. The molecule has 0 saturated heterocycles. The van der Waals surface area contributed by atoms with Crippen LogP contribution in [0, 0.1) is 13.8 Å². The van der Waals surface area contributed by atoms with Crippen molar-refractivity contribution in [2.45, 2.75) is 20.4 Å². The summed E-state index contributed by atoms with van der Waals surface area (Å²) in [5.41, 5.74) is 10.4. The smallest absolute Gasteiger partial charge is 0.194 e. The number of aromatic nitrogens is 2. The van der Waals surface area contributed by atoms with Gasteiger partial charge in [0.2, 0.25) is 0 Å². The molecule has 0 aliphatic rings. The fraction of sp³-hybridized carbons (Fsp3) is 0.250. The van der Waals surface area contributed by atoms with E-state index in [0.717, 1.165) is 10.7 Å². The number of nitrogens with zero attached hydrogens (tertiary/aromatic N) is 2. The highest BCUT2D eigenvalue weighted by atomic mass is 35.5. The van der Waals surface area contributed by atoms with E-state index in [1.54, 1.807) is 11.3 Å². The van der Waals surface area contributed by atoms with Crippen LogP contribution in [0.4, 0.5) is 0 Å². The molecule has 0 spiro atoms. The zero-order valence-corrected chi connectivity index (χ0v) is 11.4. The Bertz CT molecular complexity index is 684. The predicted molar refractivity (Wildman–Crippen MR) is 75.2 cm³/mol. The second kappa shape index (κ2) is 4.29. The first-order valence-corrected chi connectivity index (χ1v) is 6.08. The van der Waals surface area contributed by atoms with Gasteiger partial charge in [0, 0.05) is 12.7 Å². The van der Waals surface area contributed by atoms with Gasteiger partial charge < -0.3 is 5.73 Å². The molecular weight excluding hydrogens is 254 g/mol. The van der Waals surface area contributed by atoms with Crippen LogP contribution in [0.3, 0.4) is 0 Å². The number of halogens is 1. The average molecular weight is 268 g/mol. The van der Waals surface area contributed by atoms with Gasteiger partial charge in [0.25, 0.3) is 0 Å². The van der Waals surface area contributed by atoms with Crippen molar-refractivity contribution < 1.29 is 0 Å². The Labute approximate surface area is 110 Å². The summed E-state index contributed by atoms with van der Waals surface area (Å²) in [6.07, 6.45) is 2.04. The molecule has 2 aromatic heterocycles. The zero-order valence-electron chi connectivity index (χ0n) is 9.73. The zero-order chi connectivity index (χ0) is 11.3. The van der Waals surface area contributed by atoms with Crippen molar-refractivity contribution in [2.24, 2.45) is 5.73 Å². The molecule has 90 valence electrons. The first kappa shape index (κ1) is 12.4. The molecule has 0 atom stereocenters. The highest BCUT2D eigenvalue weighted by Crippen LogP contribution is 2.29. The topological polar surface area (TPSA) is 43.3 Å². The molecule has 0 amide bonds. The van der Waals surface area contributed by atoms with Crippen LogP contribution in [0.2, 0.25) is 0 Å². The Morgan fingerprint density at radius 3 is 2.82 bits per heavy atom. The van der Waals surface area contributed by atoms with Gasteiger partial charge >= 0.3 is 0 Å². The molecule has 0 unspecified atom stereocenters. The van der Waals surface area contributed by atoms with E-state index in [1.807, 2.05) is 6.20 Å². The van der Waals surface area contributed by atoms with Crippen LogP contribution in [-0.2, 0) is 6.54 Å². The van der Waals surface area contributed by atoms with Crippen molar-refractivity contribution in [1.82, 2.24) is 9.38 Å². The second-order valence-corrected chi connectivity index (χ2v) is 5.13. The molecule has 3 rings (SSSR count). The molecular formula is C12H14ClN3S. The first-order valence-electron chi connectivity index (χ1n) is 5.27. The van der Waals surface area contributed by atoms with Crippen molar-refractivity contribution in [2.75, 3.05) is 0 Å². The maximum Gasteiger partial charge on any atom is 0.194 e. The van der Waals surface area contributed by atoms with Gasteiger partial charge in [0.15, 0.2) is 4.96 Å². The predicted octanol–water partition coefficient (Wildman–Crippen LogP) is 3.05. The van der Waals surface area contributed by atoms with Gasteiger partial charge in [-0.3, -0.25) is 4.40 Å². The van der Waals surface area contributed by atoms with Crippen LogP contribution < -0.4 is 5.73 Å². The van der Waals surface area contributed by atoms with Gasteiger partial charge in [-0.1, -0.05) is 17.4 Å². The number of benzene rings is 1. The minimum absolute atomic E-state index is 0. The summed E-state index contributed by atoms with van der Waals surface area (Å²) in [7, 11) is 0. The Balaban J connectivity index is 0.00000108. The van der Waals surface area contributed by atoms with E-state index in [0.29, 0.717) is 6.54 Å². The van der Waals surface area contributed by atoms with E-state index in [4.69, 9.17) is 5.73 Å². The number of aryl methyl sites for hydroxylation is 2. The van der Waals surface area contributed by atoms with Gasteiger partial charge in [0.1, 0.15) is 0 Å². The summed E-state index contributed by atoms with van der Waals surface area (Å²) in [5, 5.41) is 0. The lowest BCUT2D eigenvalue weighted by Crippen LogP contribution is -1.95. The third-order valence-corrected chi connectivity index (χ3v) is 3.79. The summed E-state index contributed by atoms with van der Waals surface area (Å²) in [6.45, 7) is 4.77. The fourth-order valence-corrected chi connectivity index (χ4v) is 3.35. The third-order valence-electron chi connectivity index (χ3n) is 2.78. The maximum absolute atomic E-state index is 5.61. The van der Waals surface area contributed by atoms with Gasteiger partial charge in [-0.05, 0) is 31.0 Å². The minimum atomic E-state index is 0. The largest absolute Gasteiger partial charge is 0.325 e. The standard InChI is InChI=1S/C12H13N3S.ClH/c1-7-3-8(2)11-10(4-7)16-12-14-9(5-13)6-15(11)12;/h3-4,6H,5,13H2,1-2H3;1H. The summed E-state index contributed by atoms with van der Waals surface area (Å²) >= 11 is 1.72. The van der Waals surface area contributed by atoms with Gasteiger partial charge in [-0.15, -0.1) is 12.4 Å². The summed E-state index contributed by atoms with van der Waals surface area (Å²) in [5.74, 6) is 0. The van der Waals surface area contributed by atoms with Crippen molar-refractivity contribution in [3.8, 4) is 0 Å². The number of rotatable bonds is 1. The molecule has 0 radical (unpaired) electrons. The van der Waals surface area contributed by atoms with Crippen LogP contribution >= 0.6 is 23.7 Å². The van der Waals surface area contributed by atoms with Crippen LogP contribution in [-0.4, -0.2) is 9.38 Å². The maximum atomic E-state index is 5.61. The SMILES string of the molecule is Cc1cc(C)c2c(c1)sc1nc(CN)cn12.Cl. The lowest BCUT2D eigenvalue weighted by molar-refractivity contribution is 1.02. The van der Waals surface area contributed by atoms with Crippen molar-refractivity contribution in [3.63, 3.8) is 0 Å². The molecule has 2 heterocycles. The Kier molecular flexibility index (Phi) is 3.12. The molecule has 2 N–H and O–H groups in total. The monoisotopic (exact) mass is 267 g/mol. The quantitative estimate of drug-likeness (QED) is 0.736. The number of hydrogen-bond donors (Lipinski definition) is 1. The van der Waals surface area contributed by atoms with E-state index >= 15 is 0 Å². The highest BCUT2D eigenvalue weighted by Gasteiger charge is 2.10. The van der Waals surface area contributed by atoms with Gasteiger partial charge in [0.05, 0.1) is 15.9 Å². The van der Waals surface area contributed by atoms with Crippen molar-refractivity contribution in [3.05, 3.63) is 35.2 Å². The van der Waals surface area contributed by atoms with Gasteiger partial charge in [-0.2, -0.15) is 0 Å². The molecule has 3 nitrogen and oxygen atoms in total. The van der Waals surface area contributed by atoms with Crippen LogP contribution in [0.15, 0.2) is 18.3 Å². The normalized spacial score (nSPS) is 11.0. The second-order valence-electron chi connectivity index (χ2n) is 4.12. The van der Waals surface area contributed by atoms with Crippen LogP contribution in [0.25, 0.3) is 15.2 Å². The molecule has 0 aliphatic carbocycles. The van der Waals surface area contributed by atoms with E-state index in [-0.39, 0.29) is 12.4 Å². The van der Waals surface area contributed by atoms with E-state index in [2.05, 4.69) is 35.4 Å². The molecule has 1 aromatic carbocycles. The number of imidazole rings is 1. The van der Waals surface area contributed by atoms with E-state index in [1.165, 1.54) is 21.3 Å². The Morgan fingerprint density at radius 2 is 2.12 bits per heavy atom. The van der Waals surface area contributed by atoms with Crippen molar-refractivity contribution in [1.29, 1.82) is 0 Å². The summed E-state index contributed by atoms with van der Waals surface area (Å²) in [4.78, 5) is 5.53. The molecule has 0 saturated carbocycles. The van der Waals surface area contributed by atoms with E-state index in [9.17, 15) is 0 Å². The molecule has 17 heavy (non-hydrogen) atoms. The van der Waals surface area contributed by atoms with Crippen LogP contribution in [0.1, 0.15) is 16.8 Å². The Hall–Kier alpha value is -1.10. The molecule has 3 aromatic rings. The molecule has 5 heteroatoms. The third kappa shape index (κ3) is 1.82.